The second kappa shape index (κ2) is 4.30. The lowest BCUT2D eigenvalue weighted by molar-refractivity contribution is 1.05. The summed E-state index contributed by atoms with van der Waals surface area (Å²) >= 11 is 0. The maximum atomic E-state index is 7.11. The first-order valence-corrected chi connectivity index (χ1v) is 4.03. The number of allylic oxidation sites excluding steroid dienone is 1. The fourth-order valence-corrected chi connectivity index (χ4v) is 1.06. The molecule has 3 heteroatoms. The summed E-state index contributed by atoms with van der Waals surface area (Å²) in [6.45, 7) is 0. The molecule has 4 N–H and O–H groups in total. The number of rotatable bonds is 3. The van der Waals surface area contributed by atoms with E-state index in [4.69, 9.17) is 11.1 Å². The summed E-state index contributed by atoms with van der Waals surface area (Å²) < 4.78 is 0. The van der Waals surface area contributed by atoms with Crippen LogP contribution in [0.4, 0.5) is 0 Å². The first-order chi connectivity index (χ1) is 6.29. The van der Waals surface area contributed by atoms with Crippen LogP contribution in [0.2, 0.25) is 0 Å². The fraction of sp³-hybridized carbons (Fsp3) is 0.100. The van der Waals surface area contributed by atoms with Gasteiger partial charge < -0.3 is 16.5 Å². The Labute approximate surface area is 77.8 Å². The average Bonchev–Trinajstić information content (AvgIpc) is 2.21. The van der Waals surface area contributed by atoms with Crippen LogP contribution in [-0.4, -0.2) is 13.3 Å². The zero-order valence-electron chi connectivity index (χ0n) is 7.54. The molecule has 0 saturated carbocycles. The first kappa shape index (κ1) is 9.32. The SMILES string of the molecule is CN/C(C=N)=C(/N)c1ccccc1. The van der Waals surface area contributed by atoms with Crippen molar-refractivity contribution in [2.24, 2.45) is 5.73 Å². The fourth-order valence-electron chi connectivity index (χ4n) is 1.06. The minimum atomic E-state index is 0.595. The van der Waals surface area contributed by atoms with Gasteiger partial charge in [0.2, 0.25) is 0 Å². The Morgan fingerprint density at radius 1 is 1.38 bits per heavy atom. The predicted octanol–water partition coefficient (Wildman–Crippen LogP) is 1.18. The standard InChI is InChI=1S/C10H13N3/c1-13-9(7-11)10(12)8-5-3-2-4-6-8/h2-7,11,13H,12H2,1H3/b10-9+,11-7?. The van der Waals surface area contributed by atoms with E-state index in [-0.39, 0.29) is 0 Å². The van der Waals surface area contributed by atoms with Crippen molar-refractivity contribution in [3.05, 3.63) is 41.6 Å². The van der Waals surface area contributed by atoms with Crippen molar-refractivity contribution in [2.45, 2.75) is 0 Å². The molecule has 0 aliphatic rings. The smallest absolute Gasteiger partial charge is 0.0756 e. The Morgan fingerprint density at radius 2 is 2.00 bits per heavy atom. The van der Waals surface area contributed by atoms with Crippen molar-refractivity contribution in [3.8, 4) is 0 Å². The molecule has 0 aliphatic carbocycles. The lowest BCUT2D eigenvalue weighted by Gasteiger charge is -2.06. The van der Waals surface area contributed by atoms with Crippen molar-refractivity contribution < 1.29 is 0 Å². The molecule has 0 atom stereocenters. The summed E-state index contributed by atoms with van der Waals surface area (Å²) in [5, 5.41) is 9.98. The van der Waals surface area contributed by atoms with E-state index in [1.807, 2.05) is 30.3 Å². The van der Waals surface area contributed by atoms with Gasteiger partial charge >= 0.3 is 0 Å². The molecule has 0 saturated heterocycles. The second-order valence-electron chi connectivity index (χ2n) is 2.59. The molecule has 0 fully saturated rings. The quantitative estimate of drug-likeness (QED) is 0.604. The Morgan fingerprint density at radius 3 is 2.46 bits per heavy atom. The average molecular weight is 175 g/mol. The highest BCUT2D eigenvalue weighted by atomic mass is 14.9. The van der Waals surface area contributed by atoms with Crippen LogP contribution in [-0.2, 0) is 0 Å². The molecule has 0 spiro atoms. The van der Waals surface area contributed by atoms with Gasteiger partial charge in [0.25, 0.3) is 0 Å². The van der Waals surface area contributed by atoms with Gasteiger partial charge in [0.1, 0.15) is 0 Å². The van der Waals surface area contributed by atoms with Crippen LogP contribution in [0.25, 0.3) is 5.70 Å². The van der Waals surface area contributed by atoms with Gasteiger partial charge in [0, 0.05) is 13.3 Å². The molecule has 0 amide bonds. The van der Waals surface area contributed by atoms with Crippen molar-refractivity contribution >= 4 is 11.9 Å². The number of nitrogens with two attached hydrogens (primary N) is 1. The maximum Gasteiger partial charge on any atom is 0.0756 e. The molecule has 1 rings (SSSR count). The minimum Gasteiger partial charge on any atom is -0.397 e. The van der Waals surface area contributed by atoms with Crippen LogP contribution in [0.3, 0.4) is 0 Å². The highest BCUT2D eigenvalue weighted by molar-refractivity contribution is 5.87. The summed E-state index contributed by atoms with van der Waals surface area (Å²) in [7, 11) is 1.75. The van der Waals surface area contributed by atoms with Crippen LogP contribution in [0.1, 0.15) is 5.56 Å². The molecule has 1 aromatic rings. The molecule has 13 heavy (non-hydrogen) atoms. The summed E-state index contributed by atoms with van der Waals surface area (Å²) in [6, 6.07) is 9.59. The molecule has 0 bridgehead atoms. The molecular weight excluding hydrogens is 162 g/mol. The second-order valence-corrected chi connectivity index (χ2v) is 2.59. The summed E-state index contributed by atoms with van der Waals surface area (Å²) in [4.78, 5) is 0. The van der Waals surface area contributed by atoms with E-state index in [0.29, 0.717) is 11.4 Å². The van der Waals surface area contributed by atoms with Gasteiger partial charge in [-0.05, 0) is 5.56 Å². The highest BCUT2D eigenvalue weighted by Gasteiger charge is 2.00. The molecule has 0 heterocycles. The van der Waals surface area contributed by atoms with E-state index in [2.05, 4.69) is 5.32 Å². The topological polar surface area (TPSA) is 61.9 Å². The predicted molar refractivity (Wildman–Crippen MR) is 55.4 cm³/mol. The molecular formula is C10H13N3. The summed E-state index contributed by atoms with van der Waals surface area (Å²) in [5.41, 5.74) is 7.98. The van der Waals surface area contributed by atoms with Crippen LogP contribution in [0.15, 0.2) is 36.0 Å². The van der Waals surface area contributed by atoms with E-state index in [1.54, 1.807) is 7.05 Å². The molecule has 0 unspecified atom stereocenters. The van der Waals surface area contributed by atoms with Gasteiger partial charge in [0.15, 0.2) is 0 Å². The zero-order chi connectivity index (χ0) is 9.68. The lowest BCUT2D eigenvalue weighted by atomic mass is 10.1. The van der Waals surface area contributed by atoms with Gasteiger partial charge in [-0.3, -0.25) is 0 Å². The van der Waals surface area contributed by atoms with Gasteiger partial charge in [-0.1, -0.05) is 30.3 Å². The third-order valence-electron chi connectivity index (χ3n) is 1.79. The third kappa shape index (κ3) is 2.08. The Balaban J connectivity index is 3.08. The van der Waals surface area contributed by atoms with Gasteiger partial charge in [-0.15, -0.1) is 0 Å². The van der Waals surface area contributed by atoms with Gasteiger partial charge in [-0.2, -0.15) is 0 Å². The van der Waals surface area contributed by atoms with E-state index in [9.17, 15) is 0 Å². The molecule has 0 aliphatic heterocycles. The number of hydrogen-bond donors (Lipinski definition) is 3. The summed E-state index contributed by atoms with van der Waals surface area (Å²) in [6.07, 6.45) is 1.21. The van der Waals surface area contributed by atoms with E-state index < -0.39 is 0 Å². The van der Waals surface area contributed by atoms with Crippen molar-refractivity contribution in [1.82, 2.24) is 5.32 Å². The Hall–Kier alpha value is -1.77. The molecule has 0 aromatic heterocycles. The molecule has 68 valence electrons. The third-order valence-corrected chi connectivity index (χ3v) is 1.79. The van der Waals surface area contributed by atoms with E-state index in [1.165, 1.54) is 6.21 Å². The molecule has 1 aromatic carbocycles. The van der Waals surface area contributed by atoms with E-state index in [0.717, 1.165) is 5.56 Å². The monoisotopic (exact) mass is 175 g/mol. The molecule has 3 nitrogen and oxygen atoms in total. The van der Waals surface area contributed by atoms with Crippen molar-refractivity contribution in [1.29, 1.82) is 5.41 Å². The maximum absolute atomic E-state index is 7.11. The van der Waals surface area contributed by atoms with Gasteiger partial charge in [-0.25, -0.2) is 0 Å². The number of benzene rings is 1. The highest BCUT2D eigenvalue weighted by Crippen LogP contribution is 2.09. The first-order valence-electron chi connectivity index (χ1n) is 4.03. The minimum absolute atomic E-state index is 0.595. The van der Waals surface area contributed by atoms with Crippen molar-refractivity contribution in [2.75, 3.05) is 7.05 Å². The molecule has 0 radical (unpaired) electrons. The lowest BCUT2D eigenvalue weighted by Crippen LogP contribution is -2.13. The largest absolute Gasteiger partial charge is 0.397 e. The Kier molecular flexibility index (Phi) is 3.09. The van der Waals surface area contributed by atoms with Crippen LogP contribution in [0, 0.1) is 5.41 Å². The van der Waals surface area contributed by atoms with Crippen LogP contribution >= 0.6 is 0 Å². The number of nitrogens with one attached hydrogen (secondary N) is 2. The zero-order valence-corrected chi connectivity index (χ0v) is 7.54. The van der Waals surface area contributed by atoms with Crippen LogP contribution in [0.5, 0.6) is 0 Å². The van der Waals surface area contributed by atoms with Gasteiger partial charge in [0.05, 0.1) is 11.4 Å². The van der Waals surface area contributed by atoms with Crippen molar-refractivity contribution in [3.63, 3.8) is 0 Å². The van der Waals surface area contributed by atoms with E-state index >= 15 is 0 Å². The summed E-state index contributed by atoms with van der Waals surface area (Å²) in [5.74, 6) is 0. The number of hydrogen-bond acceptors (Lipinski definition) is 3. The van der Waals surface area contributed by atoms with Crippen LogP contribution < -0.4 is 11.1 Å². The Bertz CT molecular complexity index is 314. The normalized spacial score (nSPS) is 11.8.